The third-order valence-corrected chi connectivity index (χ3v) is 6.17. The van der Waals surface area contributed by atoms with Crippen LogP contribution in [0.5, 0.6) is 0 Å². The number of aliphatic imine (C=N–C) groups is 1. The number of thioether (sulfide) groups is 1. The second kappa shape index (κ2) is 7.47. The van der Waals surface area contributed by atoms with E-state index >= 15 is 0 Å². The van der Waals surface area contributed by atoms with Crippen molar-refractivity contribution in [1.29, 1.82) is 0 Å². The highest BCUT2D eigenvalue weighted by Crippen LogP contribution is 2.36. The minimum atomic E-state index is 0.342. The Balaban J connectivity index is 1.53. The van der Waals surface area contributed by atoms with Gasteiger partial charge >= 0.3 is 0 Å². The molecule has 0 radical (unpaired) electrons. The average molecular weight is 346 g/mol. The third kappa shape index (κ3) is 3.86. The molecule has 130 valence electrons. The molecule has 2 aromatic rings. The van der Waals surface area contributed by atoms with Gasteiger partial charge in [0.05, 0.1) is 11.0 Å². The van der Waals surface area contributed by atoms with Crippen molar-refractivity contribution in [2.75, 3.05) is 25.9 Å². The Kier molecular flexibility index (Phi) is 5.33. The van der Waals surface area contributed by atoms with Gasteiger partial charge in [0.1, 0.15) is 5.82 Å². The smallest absolute Gasteiger partial charge is 0.191 e. The lowest BCUT2D eigenvalue weighted by atomic mass is 10.1. The number of para-hydroxylation sites is 2. The number of fused-ring (bicyclic) bond motifs is 1. The highest BCUT2D eigenvalue weighted by Gasteiger charge is 2.29. The number of guanidine groups is 1. The van der Waals surface area contributed by atoms with Crippen LogP contribution >= 0.6 is 11.8 Å². The molecule has 1 aliphatic rings. The summed E-state index contributed by atoms with van der Waals surface area (Å²) in [5.41, 5.74) is 2.25. The minimum absolute atomic E-state index is 0.342. The fraction of sp³-hybridized carbons (Fsp3) is 0.556. The molecular formula is C18H27N5S. The second-order valence-corrected chi connectivity index (χ2v) is 8.24. The van der Waals surface area contributed by atoms with E-state index in [-0.39, 0.29) is 0 Å². The Morgan fingerprint density at radius 3 is 2.96 bits per heavy atom. The molecule has 5 nitrogen and oxygen atoms in total. The largest absolute Gasteiger partial charge is 0.355 e. The molecule has 1 aromatic carbocycles. The Labute approximate surface area is 148 Å². The van der Waals surface area contributed by atoms with Gasteiger partial charge in [0.15, 0.2) is 5.96 Å². The van der Waals surface area contributed by atoms with Gasteiger partial charge in [0.2, 0.25) is 0 Å². The molecule has 1 fully saturated rings. The van der Waals surface area contributed by atoms with Crippen molar-refractivity contribution >= 4 is 28.8 Å². The fourth-order valence-electron chi connectivity index (χ4n) is 3.23. The molecule has 0 spiro atoms. The van der Waals surface area contributed by atoms with Crippen LogP contribution in [0, 0.1) is 6.92 Å². The van der Waals surface area contributed by atoms with Gasteiger partial charge in [0.25, 0.3) is 0 Å². The summed E-state index contributed by atoms with van der Waals surface area (Å²) in [5, 5.41) is 6.90. The molecule has 0 saturated carbocycles. The summed E-state index contributed by atoms with van der Waals surface area (Å²) in [5.74, 6) is 3.21. The highest BCUT2D eigenvalue weighted by molar-refractivity contribution is 8.00. The van der Waals surface area contributed by atoms with Crippen LogP contribution in [-0.2, 0) is 6.54 Å². The molecule has 1 aromatic heterocycles. The summed E-state index contributed by atoms with van der Waals surface area (Å²) < 4.78 is 2.60. The molecular weight excluding hydrogens is 318 g/mol. The number of imidazole rings is 1. The van der Waals surface area contributed by atoms with Gasteiger partial charge in [-0.05, 0) is 44.6 Å². The summed E-state index contributed by atoms with van der Waals surface area (Å²) >= 11 is 2.06. The topological polar surface area (TPSA) is 54.2 Å². The second-order valence-electron chi connectivity index (χ2n) is 6.55. The number of rotatable bonds is 5. The predicted molar refractivity (Wildman–Crippen MR) is 104 cm³/mol. The number of nitrogens with zero attached hydrogens (tertiary/aromatic N) is 3. The molecule has 1 unspecified atom stereocenters. The molecule has 24 heavy (non-hydrogen) atoms. The first kappa shape index (κ1) is 17.1. The average Bonchev–Trinajstić information content (AvgIpc) is 3.15. The summed E-state index contributed by atoms with van der Waals surface area (Å²) in [6.07, 6.45) is 2.60. The maximum absolute atomic E-state index is 4.62. The standard InChI is InChI=1S/C18H27N5S/c1-14-22-15-7-4-5-8-16(15)23(14)11-10-20-17(19-3)21-13-18(2)9-6-12-24-18/h4-5,7-8H,6,9-13H2,1-3H3,(H2,19,20,21). The van der Waals surface area contributed by atoms with E-state index < -0.39 is 0 Å². The van der Waals surface area contributed by atoms with E-state index in [0.717, 1.165) is 36.9 Å². The first-order chi connectivity index (χ1) is 11.6. The molecule has 0 aliphatic carbocycles. The van der Waals surface area contributed by atoms with E-state index in [1.807, 2.05) is 13.1 Å². The lowest BCUT2D eigenvalue weighted by Crippen LogP contribution is -2.44. The molecule has 2 heterocycles. The highest BCUT2D eigenvalue weighted by atomic mass is 32.2. The molecule has 2 N–H and O–H groups in total. The SMILES string of the molecule is CN=C(NCCn1c(C)nc2ccccc21)NCC1(C)CCCS1. The molecule has 3 rings (SSSR count). The molecule has 0 amide bonds. The van der Waals surface area contributed by atoms with Gasteiger partial charge < -0.3 is 15.2 Å². The third-order valence-electron chi connectivity index (χ3n) is 4.63. The number of hydrogen-bond donors (Lipinski definition) is 2. The summed E-state index contributed by atoms with van der Waals surface area (Å²) in [6.45, 7) is 7.06. The maximum atomic E-state index is 4.62. The van der Waals surface area contributed by atoms with Gasteiger partial charge in [-0.2, -0.15) is 11.8 Å². The lowest BCUT2D eigenvalue weighted by molar-refractivity contribution is 0.581. The van der Waals surface area contributed by atoms with Crippen LogP contribution in [0.3, 0.4) is 0 Å². The van der Waals surface area contributed by atoms with Gasteiger partial charge in [-0.15, -0.1) is 0 Å². The molecule has 6 heteroatoms. The zero-order chi connectivity index (χ0) is 17.0. The Bertz CT molecular complexity index is 715. The molecule has 0 bridgehead atoms. The first-order valence-electron chi connectivity index (χ1n) is 8.62. The van der Waals surface area contributed by atoms with E-state index in [1.165, 1.54) is 24.1 Å². The van der Waals surface area contributed by atoms with Crippen LogP contribution in [-0.4, -0.2) is 46.1 Å². The first-order valence-corrected chi connectivity index (χ1v) is 9.60. The van der Waals surface area contributed by atoms with Gasteiger partial charge in [-0.3, -0.25) is 4.99 Å². The normalized spacial score (nSPS) is 21.4. The van der Waals surface area contributed by atoms with Crippen LogP contribution in [0.4, 0.5) is 0 Å². The quantitative estimate of drug-likeness (QED) is 0.646. The predicted octanol–water partition coefficient (Wildman–Crippen LogP) is 2.80. The maximum Gasteiger partial charge on any atom is 0.191 e. The summed E-state index contributed by atoms with van der Waals surface area (Å²) in [6, 6.07) is 8.28. The van der Waals surface area contributed by atoms with Crippen molar-refractivity contribution in [3.63, 3.8) is 0 Å². The van der Waals surface area contributed by atoms with E-state index in [9.17, 15) is 0 Å². The van der Waals surface area contributed by atoms with Gasteiger partial charge in [-0.1, -0.05) is 12.1 Å². The van der Waals surface area contributed by atoms with Crippen LogP contribution in [0.2, 0.25) is 0 Å². The zero-order valence-electron chi connectivity index (χ0n) is 14.8. The van der Waals surface area contributed by atoms with Crippen molar-refractivity contribution in [3.05, 3.63) is 30.1 Å². The Hall–Kier alpha value is -1.69. The van der Waals surface area contributed by atoms with Crippen LogP contribution < -0.4 is 10.6 Å². The van der Waals surface area contributed by atoms with Gasteiger partial charge in [0, 0.05) is 31.4 Å². The van der Waals surface area contributed by atoms with E-state index in [1.54, 1.807) is 0 Å². The Morgan fingerprint density at radius 2 is 2.21 bits per heavy atom. The minimum Gasteiger partial charge on any atom is -0.355 e. The van der Waals surface area contributed by atoms with Crippen molar-refractivity contribution in [2.45, 2.75) is 38.0 Å². The van der Waals surface area contributed by atoms with E-state index in [4.69, 9.17) is 0 Å². The van der Waals surface area contributed by atoms with Crippen LogP contribution in [0.15, 0.2) is 29.3 Å². The van der Waals surface area contributed by atoms with Crippen LogP contribution in [0.1, 0.15) is 25.6 Å². The van der Waals surface area contributed by atoms with Crippen molar-refractivity contribution in [1.82, 2.24) is 20.2 Å². The summed E-state index contributed by atoms with van der Waals surface area (Å²) in [4.78, 5) is 8.96. The number of aromatic nitrogens is 2. The van der Waals surface area contributed by atoms with E-state index in [2.05, 4.69) is 69.0 Å². The monoisotopic (exact) mass is 345 g/mol. The number of hydrogen-bond acceptors (Lipinski definition) is 3. The summed E-state index contributed by atoms with van der Waals surface area (Å²) in [7, 11) is 1.83. The fourth-order valence-corrected chi connectivity index (χ4v) is 4.48. The van der Waals surface area contributed by atoms with Crippen molar-refractivity contribution in [2.24, 2.45) is 4.99 Å². The number of benzene rings is 1. The van der Waals surface area contributed by atoms with Crippen molar-refractivity contribution < 1.29 is 0 Å². The Morgan fingerprint density at radius 1 is 1.38 bits per heavy atom. The number of aryl methyl sites for hydroxylation is 1. The van der Waals surface area contributed by atoms with E-state index in [0.29, 0.717) is 4.75 Å². The van der Waals surface area contributed by atoms with Crippen molar-refractivity contribution in [3.8, 4) is 0 Å². The molecule has 1 aliphatic heterocycles. The lowest BCUT2D eigenvalue weighted by Gasteiger charge is -2.24. The zero-order valence-corrected chi connectivity index (χ0v) is 15.6. The van der Waals surface area contributed by atoms with Crippen LogP contribution in [0.25, 0.3) is 11.0 Å². The molecule has 1 saturated heterocycles. The van der Waals surface area contributed by atoms with Gasteiger partial charge in [-0.25, -0.2) is 4.98 Å². The molecule has 1 atom stereocenters. The number of nitrogens with one attached hydrogen (secondary N) is 2.